The average Bonchev–Trinajstić information content (AvgIpc) is 2.88. The fourth-order valence-corrected chi connectivity index (χ4v) is 4.50. The predicted octanol–water partition coefficient (Wildman–Crippen LogP) is 8.56. The van der Waals surface area contributed by atoms with Crippen LogP contribution in [-0.2, 0) is 4.79 Å². The van der Waals surface area contributed by atoms with Gasteiger partial charge in [-0.1, -0.05) is 128 Å². The number of hydrogen-bond donors (Lipinski definition) is 3. The first-order chi connectivity index (χ1) is 17.7. The summed E-state index contributed by atoms with van der Waals surface area (Å²) in [5, 5.41) is 22.8. The molecule has 2 unspecified atom stereocenters. The Bertz CT molecular complexity index is 518. The summed E-state index contributed by atoms with van der Waals surface area (Å²) in [5.41, 5.74) is 0. The highest BCUT2D eigenvalue weighted by atomic mass is 16.3. The topological polar surface area (TPSA) is 69.6 Å². The Kier molecular flexibility index (Phi) is 27.5. The lowest BCUT2D eigenvalue weighted by atomic mass is 10.0. The lowest BCUT2D eigenvalue weighted by Crippen LogP contribution is -2.45. The third kappa shape index (κ3) is 24.6. The fourth-order valence-electron chi connectivity index (χ4n) is 4.50. The van der Waals surface area contributed by atoms with Gasteiger partial charge in [0, 0.05) is 6.42 Å². The van der Waals surface area contributed by atoms with E-state index in [2.05, 4.69) is 43.5 Å². The smallest absolute Gasteiger partial charge is 0.220 e. The van der Waals surface area contributed by atoms with Crippen molar-refractivity contribution in [1.82, 2.24) is 5.32 Å². The number of amides is 1. The molecule has 212 valence electrons. The minimum atomic E-state index is -0.656. The highest BCUT2D eigenvalue weighted by Gasteiger charge is 2.19. The first-order valence-corrected chi connectivity index (χ1v) is 15.5. The average molecular weight is 508 g/mol. The third-order valence-corrected chi connectivity index (χ3v) is 6.97. The van der Waals surface area contributed by atoms with Crippen LogP contribution in [0.3, 0.4) is 0 Å². The Balaban J connectivity index is 3.59. The molecule has 0 aliphatic heterocycles. The first kappa shape index (κ1) is 34.9. The fraction of sp³-hybridized carbons (Fsp3) is 0.844. The van der Waals surface area contributed by atoms with Crippen molar-refractivity contribution in [3.05, 3.63) is 24.3 Å². The van der Waals surface area contributed by atoms with Gasteiger partial charge in [0.25, 0.3) is 0 Å². The van der Waals surface area contributed by atoms with Crippen molar-refractivity contribution in [2.75, 3.05) is 6.61 Å². The second kappa shape index (κ2) is 28.4. The van der Waals surface area contributed by atoms with E-state index in [9.17, 15) is 15.0 Å². The van der Waals surface area contributed by atoms with Crippen molar-refractivity contribution in [2.24, 2.45) is 0 Å². The summed E-state index contributed by atoms with van der Waals surface area (Å²) in [7, 11) is 0. The molecule has 0 aliphatic carbocycles. The Morgan fingerprint density at radius 1 is 0.667 bits per heavy atom. The zero-order valence-electron chi connectivity index (χ0n) is 24.0. The van der Waals surface area contributed by atoms with Gasteiger partial charge in [-0.05, 0) is 44.9 Å². The van der Waals surface area contributed by atoms with Crippen LogP contribution in [0, 0.1) is 0 Å². The number of unbranched alkanes of at least 4 members (excludes halogenated alkanes) is 16. The van der Waals surface area contributed by atoms with Gasteiger partial charge in [-0.3, -0.25) is 4.79 Å². The number of nitrogens with one attached hydrogen (secondary N) is 1. The standard InChI is InChI=1S/C32H61NO3/c1-3-5-7-9-11-12-13-14-15-16-17-18-19-20-22-24-26-28-32(36)33-30(29-34)31(35)27-25-23-21-10-8-6-4-2/h11-12,14-15,30-31,34-35H,3-10,13,16-29H2,1-2H3,(H,33,36)/b12-11-,15-14-. The molecular formula is C32H61NO3. The molecule has 0 aromatic heterocycles. The SMILES string of the molecule is CCCCC/C=C\C/C=C\CCCCCCCCCC(=O)NC(CO)C(O)CCCCCCCCC. The second-order valence-electron chi connectivity index (χ2n) is 10.5. The van der Waals surface area contributed by atoms with E-state index in [4.69, 9.17) is 0 Å². The molecule has 0 spiro atoms. The van der Waals surface area contributed by atoms with Crippen LogP contribution in [0.4, 0.5) is 0 Å². The number of allylic oxidation sites excluding steroid dienone is 4. The number of hydrogen-bond acceptors (Lipinski definition) is 3. The van der Waals surface area contributed by atoms with E-state index in [-0.39, 0.29) is 12.5 Å². The summed E-state index contributed by atoms with van der Waals surface area (Å²) in [5.74, 6) is -0.0461. The van der Waals surface area contributed by atoms with Crippen LogP contribution in [0.1, 0.15) is 155 Å². The highest BCUT2D eigenvalue weighted by Crippen LogP contribution is 2.13. The molecule has 4 heteroatoms. The summed E-state index contributed by atoms with van der Waals surface area (Å²) in [6.07, 6.45) is 33.7. The van der Waals surface area contributed by atoms with E-state index in [0.717, 1.165) is 32.1 Å². The number of aliphatic hydroxyl groups excluding tert-OH is 2. The Labute approximate surface area is 224 Å². The molecule has 0 aromatic carbocycles. The van der Waals surface area contributed by atoms with E-state index in [1.807, 2.05) is 0 Å². The summed E-state index contributed by atoms with van der Waals surface area (Å²) >= 11 is 0. The van der Waals surface area contributed by atoms with Crippen molar-refractivity contribution in [1.29, 1.82) is 0 Å². The van der Waals surface area contributed by atoms with Gasteiger partial charge in [0.05, 0.1) is 18.8 Å². The largest absolute Gasteiger partial charge is 0.394 e. The molecule has 4 nitrogen and oxygen atoms in total. The lowest BCUT2D eigenvalue weighted by Gasteiger charge is -2.22. The van der Waals surface area contributed by atoms with Crippen LogP contribution in [0.15, 0.2) is 24.3 Å². The maximum Gasteiger partial charge on any atom is 0.220 e. The van der Waals surface area contributed by atoms with E-state index in [0.29, 0.717) is 12.8 Å². The molecule has 0 heterocycles. The number of carbonyl (C=O) groups is 1. The van der Waals surface area contributed by atoms with Gasteiger partial charge in [-0.2, -0.15) is 0 Å². The Morgan fingerprint density at radius 2 is 1.14 bits per heavy atom. The third-order valence-electron chi connectivity index (χ3n) is 6.97. The van der Waals surface area contributed by atoms with Crippen molar-refractivity contribution in [3.63, 3.8) is 0 Å². The van der Waals surface area contributed by atoms with Crippen molar-refractivity contribution >= 4 is 5.91 Å². The summed E-state index contributed by atoms with van der Waals surface area (Å²) < 4.78 is 0. The van der Waals surface area contributed by atoms with Gasteiger partial charge < -0.3 is 15.5 Å². The zero-order valence-corrected chi connectivity index (χ0v) is 24.0. The van der Waals surface area contributed by atoms with Gasteiger partial charge >= 0.3 is 0 Å². The monoisotopic (exact) mass is 507 g/mol. The van der Waals surface area contributed by atoms with Gasteiger partial charge in [0.15, 0.2) is 0 Å². The molecule has 0 fully saturated rings. The van der Waals surface area contributed by atoms with E-state index in [1.165, 1.54) is 96.3 Å². The van der Waals surface area contributed by atoms with Crippen LogP contribution in [0.5, 0.6) is 0 Å². The minimum Gasteiger partial charge on any atom is -0.394 e. The summed E-state index contributed by atoms with van der Waals surface area (Å²) in [6, 6.07) is -0.534. The van der Waals surface area contributed by atoms with Gasteiger partial charge in [0.1, 0.15) is 0 Å². The maximum atomic E-state index is 12.2. The molecule has 3 N–H and O–H groups in total. The first-order valence-electron chi connectivity index (χ1n) is 15.5. The summed E-state index contributed by atoms with van der Waals surface area (Å²) in [6.45, 7) is 4.26. The molecule has 0 rings (SSSR count). The van der Waals surface area contributed by atoms with Gasteiger partial charge in [0.2, 0.25) is 5.91 Å². The van der Waals surface area contributed by atoms with Crippen molar-refractivity contribution in [2.45, 2.75) is 167 Å². The van der Waals surface area contributed by atoms with E-state index < -0.39 is 12.1 Å². The highest BCUT2D eigenvalue weighted by molar-refractivity contribution is 5.76. The number of aliphatic hydroxyl groups is 2. The van der Waals surface area contributed by atoms with Crippen molar-refractivity contribution < 1.29 is 15.0 Å². The zero-order chi connectivity index (χ0) is 26.5. The number of rotatable bonds is 27. The van der Waals surface area contributed by atoms with E-state index >= 15 is 0 Å². The van der Waals surface area contributed by atoms with Crippen LogP contribution in [0.25, 0.3) is 0 Å². The van der Waals surface area contributed by atoms with Crippen LogP contribution >= 0.6 is 0 Å². The predicted molar refractivity (Wildman–Crippen MR) is 156 cm³/mol. The molecule has 0 saturated heterocycles. The van der Waals surface area contributed by atoms with Gasteiger partial charge in [-0.15, -0.1) is 0 Å². The molecule has 0 aromatic rings. The lowest BCUT2D eigenvalue weighted by molar-refractivity contribution is -0.123. The summed E-state index contributed by atoms with van der Waals surface area (Å²) in [4.78, 5) is 12.2. The van der Waals surface area contributed by atoms with Crippen LogP contribution < -0.4 is 5.32 Å². The minimum absolute atomic E-state index is 0.0461. The Hall–Kier alpha value is -1.13. The normalized spacial score (nSPS) is 13.6. The van der Waals surface area contributed by atoms with E-state index in [1.54, 1.807) is 0 Å². The van der Waals surface area contributed by atoms with Gasteiger partial charge in [-0.25, -0.2) is 0 Å². The molecule has 0 saturated carbocycles. The van der Waals surface area contributed by atoms with Crippen LogP contribution in [0.2, 0.25) is 0 Å². The Morgan fingerprint density at radius 3 is 1.72 bits per heavy atom. The molecule has 0 radical (unpaired) electrons. The molecule has 36 heavy (non-hydrogen) atoms. The molecule has 0 bridgehead atoms. The van der Waals surface area contributed by atoms with Crippen molar-refractivity contribution in [3.8, 4) is 0 Å². The molecular weight excluding hydrogens is 446 g/mol. The molecule has 2 atom stereocenters. The quantitative estimate of drug-likeness (QED) is 0.0770. The second-order valence-corrected chi connectivity index (χ2v) is 10.5. The van der Waals surface area contributed by atoms with Crippen LogP contribution in [-0.4, -0.2) is 34.9 Å². The molecule has 1 amide bonds. The molecule has 0 aliphatic rings. The maximum absolute atomic E-state index is 12.2. The number of carbonyl (C=O) groups excluding carboxylic acids is 1.